The zero-order chi connectivity index (χ0) is 27.0. The molecule has 1 fully saturated rings. The summed E-state index contributed by atoms with van der Waals surface area (Å²) in [6.07, 6.45) is 3.35. The van der Waals surface area contributed by atoms with Gasteiger partial charge in [0.05, 0.1) is 35.0 Å². The molecule has 0 aliphatic carbocycles. The van der Waals surface area contributed by atoms with E-state index >= 15 is 0 Å². The number of anilines is 2. The first kappa shape index (κ1) is 25.8. The molecule has 1 saturated heterocycles. The fraction of sp³-hybridized carbons (Fsp3) is 0.310. The Balaban J connectivity index is 1.31. The van der Waals surface area contributed by atoms with E-state index < -0.39 is 10.0 Å². The molecule has 0 radical (unpaired) electrons. The van der Waals surface area contributed by atoms with E-state index in [0.29, 0.717) is 41.7 Å². The Morgan fingerprint density at radius 1 is 1.10 bits per heavy atom. The molecule has 3 heterocycles. The van der Waals surface area contributed by atoms with E-state index in [-0.39, 0.29) is 16.9 Å². The Labute approximate surface area is 231 Å². The van der Waals surface area contributed by atoms with Crippen LogP contribution in [0.2, 0.25) is 0 Å². The topological polar surface area (TPSA) is 89.0 Å². The summed E-state index contributed by atoms with van der Waals surface area (Å²) in [5, 5.41) is 0.552. The van der Waals surface area contributed by atoms with E-state index in [0.717, 1.165) is 41.6 Å². The highest BCUT2D eigenvalue weighted by molar-refractivity contribution is 7.92. The molecule has 1 aromatic heterocycles. The zero-order valence-corrected chi connectivity index (χ0v) is 23.2. The highest BCUT2D eigenvalue weighted by atomic mass is 32.2. The molecule has 1 unspecified atom stereocenters. The molecular weight excluding hydrogens is 534 g/mol. The summed E-state index contributed by atoms with van der Waals surface area (Å²) in [7, 11) is -2.17. The second-order valence-corrected chi connectivity index (χ2v) is 12.6. The van der Waals surface area contributed by atoms with Gasteiger partial charge in [-0.25, -0.2) is 13.4 Å². The molecule has 8 nitrogen and oxygen atoms in total. The summed E-state index contributed by atoms with van der Waals surface area (Å²) in [5.41, 5.74) is 2.83. The Kier molecular flexibility index (Phi) is 7.01. The van der Waals surface area contributed by atoms with Crippen LogP contribution in [0.4, 0.5) is 10.8 Å². The first-order valence-electron chi connectivity index (χ1n) is 13.0. The van der Waals surface area contributed by atoms with Crippen molar-refractivity contribution in [3.8, 4) is 5.75 Å². The Hall–Kier alpha value is -3.47. The normalized spacial score (nSPS) is 17.3. The predicted octanol–water partition coefficient (Wildman–Crippen LogP) is 5.27. The molecule has 0 bridgehead atoms. The maximum Gasteiger partial charge on any atom is 0.264 e. The number of aryl methyl sites for hydroxylation is 1. The number of sulfonamides is 1. The minimum atomic E-state index is -3.77. The van der Waals surface area contributed by atoms with Crippen LogP contribution >= 0.6 is 11.3 Å². The molecule has 4 aromatic rings. The minimum Gasteiger partial charge on any atom is -0.494 e. The van der Waals surface area contributed by atoms with Crippen LogP contribution in [0, 0.1) is 0 Å². The van der Waals surface area contributed by atoms with Gasteiger partial charge in [-0.2, -0.15) is 0 Å². The Bertz CT molecular complexity index is 1610. The molecule has 3 aromatic carbocycles. The van der Waals surface area contributed by atoms with Gasteiger partial charge in [0.2, 0.25) is 0 Å². The highest BCUT2D eigenvalue weighted by Crippen LogP contribution is 2.36. The number of ether oxygens (including phenoxy) is 2. The van der Waals surface area contributed by atoms with Crippen LogP contribution in [0.15, 0.2) is 71.6 Å². The number of para-hydroxylation sites is 2. The third kappa shape index (κ3) is 4.88. The first-order valence-corrected chi connectivity index (χ1v) is 15.3. The summed E-state index contributed by atoms with van der Waals surface area (Å²) >= 11 is 1.42. The maximum absolute atomic E-state index is 13.8. The molecule has 0 saturated carbocycles. The van der Waals surface area contributed by atoms with Crippen LogP contribution in [-0.4, -0.2) is 52.2 Å². The predicted molar refractivity (Wildman–Crippen MR) is 153 cm³/mol. The van der Waals surface area contributed by atoms with Gasteiger partial charge in [0.1, 0.15) is 11.3 Å². The monoisotopic (exact) mass is 563 g/mol. The second kappa shape index (κ2) is 10.6. The Morgan fingerprint density at radius 3 is 2.69 bits per heavy atom. The second-order valence-electron chi connectivity index (χ2n) is 9.69. The number of amides is 1. The molecule has 1 atom stereocenters. The first-order chi connectivity index (χ1) is 19.0. The van der Waals surface area contributed by atoms with Crippen molar-refractivity contribution in [3.63, 3.8) is 0 Å². The van der Waals surface area contributed by atoms with Gasteiger partial charge in [0.25, 0.3) is 15.9 Å². The number of methoxy groups -OCH3 is 1. The van der Waals surface area contributed by atoms with Gasteiger partial charge in [-0.05, 0) is 73.7 Å². The number of fused-ring (bicyclic) bond motifs is 2. The lowest BCUT2D eigenvalue weighted by Crippen LogP contribution is -2.37. The van der Waals surface area contributed by atoms with Crippen molar-refractivity contribution in [1.29, 1.82) is 0 Å². The number of hydrogen-bond donors (Lipinski definition) is 0. The summed E-state index contributed by atoms with van der Waals surface area (Å²) < 4.78 is 40.8. The van der Waals surface area contributed by atoms with Gasteiger partial charge in [0, 0.05) is 18.7 Å². The maximum atomic E-state index is 13.8. The molecule has 0 spiro atoms. The van der Waals surface area contributed by atoms with E-state index in [9.17, 15) is 13.2 Å². The number of aromatic nitrogens is 1. The molecule has 10 heteroatoms. The van der Waals surface area contributed by atoms with Crippen molar-refractivity contribution in [2.24, 2.45) is 0 Å². The SMILES string of the molecule is COc1cccc2sc(N(CC3CCCO3)C(=O)c3ccc(S(=O)(=O)N4CCCc5ccccc54)cc3)nc12. The zero-order valence-electron chi connectivity index (χ0n) is 21.6. The summed E-state index contributed by atoms with van der Waals surface area (Å²) in [4.78, 5) is 20.4. The number of hydrogen-bond acceptors (Lipinski definition) is 7. The van der Waals surface area contributed by atoms with Crippen molar-refractivity contribution in [1.82, 2.24) is 4.98 Å². The summed E-state index contributed by atoms with van der Waals surface area (Å²) in [5.74, 6) is 0.393. The van der Waals surface area contributed by atoms with E-state index in [1.165, 1.54) is 27.8 Å². The summed E-state index contributed by atoms with van der Waals surface area (Å²) in [6, 6.07) is 19.5. The third-order valence-corrected chi connectivity index (χ3v) is 10.1. The van der Waals surface area contributed by atoms with Crippen LogP contribution < -0.4 is 13.9 Å². The van der Waals surface area contributed by atoms with Crippen molar-refractivity contribution < 1.29 is 22.7 Å². The smallest absolute Gasteiger partial charge is 0.264 e. The molecular formula is C29H29N3O5S2. The molecule has 2 aliphatic heterocycles. The Morgan fingerprint density at radius 2 is 1.92 bits per heavy atom. The largest absolute Gasteiger partial charge is 0.494 e. The fourth-order valence-corrected chi connectivity index (χ4v) is 7.76. The number of nitrogens with zero attached hydrogens (tertiary/aromatic N) is 3. The lowest BCUT2D eigenvalue weighted by atomic mass is 10.0. The number of carbonyl (C=O) groups excluding carboxylic acids is 1. The molecule has 0 N–H and O–H groups in total. The van der Waals surface area contributed by atoms with Gasteiger partial charge in [-0.15, -0.1) is 0 Å². The van der Waals surface area contributed by atoms with Crippen molar-refractivity contribution in [2.45, 2.75) is 36.7 Å². The number of thiazole rings is 1. The van der Waals surface area contributed by atoms with E-state index in [1.807, 2.05) is 42.5 Å². The molecule has 39 heavy (non-hydrogen) atoms. The van der Waals surface area contributed by atoms with Gasteiger partial charge in [0.15, 0.2) is 5.13 Å². The average molecular weight is 564 g/mol. The van der Waals surface area contributed by atoms with Gasteiger partial charge < -0.3 is 9.47 Å². The molecule has 2 aliphatic rings. The average Bonchev–Trinajstić information content (AvgIpc) is 3.65. The summed E-state index contributed by atoms with van der Waals surface area (Å²) in [6.45, 7) is 1.47. The van der Waals surface area contributed by atoms with Crippen LogP contribution in [0.1, 0.15) is 35.2 Å². The van der Waals surface area contributed by atoms with Crippen LogP contribution in [0.5, 0.6) is 5.75 Å². The van der Waals surface area contributed by atoms with Crippen molar-refractivity contribution in [3.05, 3.63) is 77.9 Å². The lowest BCUT2D eigenvalue weighted by Gasteiger charge is -2.30. The molecule has 6 rings (SSSR count). The van der Waals surface area contributed by atoms with Crippen molar-refractivity contribution >= 4 is 48.3 Å². The lowest BCUT2D eigenvalue weighted by molar-refractivity contribution is 0.0917. The third-order valence-electron chi connectivity index (χ3n) is 7.23. The van der Waals surface area contributed by atoms with Gasteiger partial charge in [-0.3, -0.25) is 14.0 Å². The van der Waals surface area contributed by atoms with Gasteiger partial charge in [-0.1, -0.05) is 35.6 Å². The van der Waals surface area contributed by atoms with E-state index in [4.69, 9.17) is 14.5 Å². The number of rotatable bonds is 7. The van der Waals surface area contributed by atoms with E-state index in [1.54, 1.807) is 24.1 Å². The van der Waals surface area contributed by atoms with Crippen LogP contribution in [0.25, 0.3) is 10.2 Å². The van der Waals surface area contributed by atoms with Crippen LogP contribution in [-0.2, 0) is 21.2 Å². The minimum absolute atomic E-state index is 0.0818. The van der Waals surface area contributed by atoms with E-state index in [2.05, 4.69) is 0 Å². The molecule has 202 valence electrons. The standard InChI is InChI=1S/C29H29N3O5S2/c1-36-25-11-4-12-26-27(25)30-29(38-26)31(19-22-9-6-18-37-22)28(33)21-13-15-23(16-14-21)39(34,35)32-17-5-8-20-7-2-3-10-24(20)32/h2-4,7,10-16,22H,5-6,8-9,17-19H2,1H3. The number of benzene rings is 3. The highest BCUT2D eigenvalue weighted by Gasteiger charge is 2.31. The quantitative estimate of drug-likeness (QED) is 0.304. The van der Waals surface area contributed by atoms with Gasteiger partial charge >= 0.3 is 0 Å². The number of carbonyl (C=O) groups is 1. The molecule has 1 amide bonds. The van der Waals surface area contributed by atoms with Crippen LogP contribution in [0.3, 0.4) is 0 Å². The van der Waals surface area contributed by atoms with Crippen molar-refractivity contribution in [2.75, 3.05) is 36.0 Å². The fourth-order valence-electron chi connectivity index (χ4n) is 5.23.